The third-order valence-corrected chi connectivity index (χ3v) is 8.13. The fourth-order valence-electron chi connectivity index (χ4n) is 6.30. The summed E-state index contributed by atoms with van der Waals surface area (Å²) in [5.74, 6) is 0.617. The van der Waals surface area contributed by atoms with E-state index >= 15 is 0 Å². The van der Waals surface area contributed by atoms with Crippen LogP contribution in [0.4, 0.5) is 10.5 Å². The SMILES string of the molecule is CCOC(=O)N1CC2CCC1CC(N1CCC3(CC1)CNc1ccc(Cl)cc13)C2. The van der Waals surface area contributed by atoms with Crippen LogP contribution >= 0.6 is 11.6 Å². The Morgan fingerprint density at radius 1 is 1.24 bits per heavy atom. The fourth-order valence-corrected chi connectivity index (χ4v) is 6.47. The molecule has 0 radical (unpaired) electrons. The van der Waals surface area contributed by atoms with Gasteiger partial charge in [-0.15, -0.1) is 0 Å². The van der Waals surface area contributed by atoms with Gasteiger partial charge >= 0.3 is 6.09 Å². The van der Waals surface area contributed by atoms with Crippen molar-refractivity contribution in [3.8, 4) is 0 Å². The van der Waals surface area contributed by atoms with Crippen molar-refractivity contribution in [1.82, 2.24) is 9.80 Å². The van der Waals surface area contributed by atoms with Crippen LogP contribution in [0.15, 0.2) is 18.2 Å². The minimum absolute atomic E-state index is 0.106. The fraction of sp³-hybridized carbons (Fsp3) is 0.696. The highest BCUT2D eigenvalue weighted by Crippen LogP contribution is 2.46. The summed E-state index contributed by atoms with van der Waals surface area (Å²) in [4.78, 5) is 17.2. The van der Waals surface area contributed by atoms with Crippen LogP contribution < -0.4 is 5.32 Å². The van der Waals surface area contributed by atoms with Gasteiger partial charge in [0, 0.05) is 41.3 Å². The predicted molar refractivity (Wildman–Crippen MR) is 116 cm³/mol. The van der Waals surface area contributed by atoms with Gasteiger partial charge in [0.2, 0.25) is 0 Å². The molecule has 1 aromatic carbocycles. The minimum atomic E-state index is -0.106. The minimum Gasteiger partial charge on any atom is -0.450 e. The molecule has 2 bridgehead atoms. The van der Waals surface area contributed by atoms with Crippen molar-refractivity contribution in [3.63, 3.8) is 0 Å². The van der Waals surface area contributed by atoms with Gasteiger partial charge in [0.1, 0.15) is 0 Å². The number of benzene rings is 1. The molecule has 1 aliphatic carbocycles. The monoisotopic (exact) mass is 417 g/mol. The maximum atomic E-state index is 12.4. The molecular formula is C23H32ClN3O2. The predicted octanol–water partition coefficient (Wildman–Crippen LogP) is 4.50. The molecule has 3 saturated heterocycles. The first-order valence-corrected chi connectivity index (χ1v) is 11.7. The molecule has 1 aromatic rings. The van der Waals surface area contributed by atoms with Gasteiger partial charge < -0.3 is 19.9 Å². The van der Waals surface area contributed by atoms with Gasteiger partial charge in [-0.3, -0.25) is 0 Å². The number of hydrogen-bond donors (Lipinski definition) is 1. The smallest absolute Gasteiger partial charge is 0.410 e. The van der Waals surface area contributed by atoms with Crippen LogP contribution in [0.25, 0.3) is 0 Å². The number of carbonyl (C=O) groups is 1. The Kier molecular flexibility index (Phi) is 5.15. The average Bonchev–Trinajstić information content (AvgIpc) is 2.88. The first kappa shape index (κ1) is 19.5. The maximum absolute atomic E-state index is 12.4. The van der Waals surface area contributed by atoms with Crippen molar-refractivity contribution < 1.29 is 9.53 Å². The Labute approximate surface area is 178 Å². The van der Waals surface area contributed by atoms with Gasteiger partial charge in [-0.1, -0.05) is 11.6 Å². The number of fused-ring (bicyclic) bond motifs is 6. The molecule has 1 N–H and O–H groups in total. The van der Waals surface area contributed by atoms with E-state index in [0.29, 0.717) is 24.6 Å². The number of piperidine rings is 2. The molecule has 1 saturated carbocycles. The third-order valence-electron chi connectivity index (χ3n) is 7.90. The van der Waals surface area contributed by atoms with Crippen molar-refractivity contribution in [1.29, 1.82) is 0 Å². The number of halogens is 1. The van der Waals surface area contributed by atoms with Gasteiger partial charge in [0.05, 0.1) is 6.61 Å². The summed E-state index contributed by atoms with van der Waals surface area (Å²) >= 11 is 6.31. The Morgan fingerprint density at radius 3 is 2.86 bits per heavy atom. The summed E-state index contributed by atoms with van der Waals surface area (Å²) in [6.07, 6.45) is 6.97. The topological polar surface area (TPSA) is 44.8 Å². The molecule has 1 spiro atoms. The molecule has 4 aliphatic heterocycles. The van der Waals surface area contributed by atoms with Crippen molar-refractivity contribution >= 4 is 23.4 Å². The second kappa shape index (κ2) is 7.66. The number of ether oxygens (including phenoxy) is 1. The standard InChI is InChI=1S/C23H32ClN3O2/c1-2-29-22(28)27-14-16-3-5-18(27)13-19(11-16)26-9-7-23(8-10-26)15-25-21-6-4-17(24)12-20(21)23/h4,6,12,16,18-19,25H,2-3,5,7-11,13-15H2,1H3. The number of carbonyl (C=O) groups excluding carboxylic acids is 1. The lowest BCUT2D eigenvalue weighted by molar-refractivity contribution is 0.0664. The number of rotatable bonds is 2. The van der Waals surface area contributed by atoms with Gasteiger partial charge in [0.15, 0.2) is 0 Å². The summed E-state index contributed by atoms with van der Waals surface area (Å²) in [7, 11) is 0. The maximum Gasteiger partial charge on any atom is 0.410 e. The second-order valence-corrected chi connectivity index (χ2v) is 9.87. The second-order valence-electron chi connectivity index (χ2n) is 9.43. The summed E-state index contributed by atoms with van der Waals surface area (Å²) in [5.41, 5.74) is 2.91. The first-order valence-electron chi connectivity index (χ1n) is 11.3. The van der Waals surface area contributed by atoms with E-state index in [4.69, 9.17) is 16.3 Å². The Balaban J connectivity index is 1.27. The van der Waals surface area contributed by atoms with Crippen LogP contribution in [0.2, 0.25) is 5.02 Å². The summed E-state index contributed by atoms with van der Waals surface area (Å²) in [5, 5.41) is 4.45. The molecule has 0 aromatic heterocycles. The van der Waals surface area contributed by atoms with Crippen molar-refractivity contribution in [2.24, 2.45) is 5.92 Å². The highest BCUT2D eigenvalue weighted by atomic mass is 35.5. The molecule has 6 heteroatoms. The summed E-state index contributed by atoms with van der Waals surface area (Å²) in [6, 6.07) is 7.23. The van der Waals surface area contributed by atoms with Crippen LogP contribution in [0.3, 0.4) is 0 Å². The zero-order valence-corrected chi connectivity index (χ0v) is 18.1. The number of hydrogen-bond acceptors (Lipinski definition) is 4. The molecule has 1 amide bonds. The molecule has 3 atom stereocenters. The molecular weight excluding hydrogens is 386 g/mol. The van der Waals surface area contributed by atoms with Crippen molar-refractivity contribution in [2.45, 2.75) is 62.9 Å². The van der Waals surface area contributed by atoms with E-state index in [2.05, 4.69) is 22.3 Å². The van der Waals surface area contributed by atoms with Crippen LogP contribution in [0.5, 0.6) is 0 Å². The largest absolute Gasteiger partial charge is 0.450 e. The lowest BCUT2D eigenvalue weighted by Crippen LogP contribution is -2.49. The lowest BCUT2D eigenvalue weighted by Gasteiger charge is -2.43. The number of amides is 1. The van der Waals surface area contributed by atoms with Crippen molar-refractivity contribution in [2.75, 3.05) is 38.1 Å². The quantitative estimate of drug-likeness (QED) is 0.769. The van der Waals surface area contributed by atoms with E-state index in [1.54, 1.807) is 0 Å². The number of likely N-dealkylation sites (tertiary alicyclic amines) is 1. The average molecular weight is 418 g/mol. The molecule has 4 fully saturated rings. The van der Waals surface area contributed by atoms with Gasteiger partial charge in [-0.2, -0.15) is 0 Å². The van der Waals surface area contributed by atoms with Crippen molar-refractivity contribution in [3.05, 3.63) is 28.8 Å². The number of nitrogens with zero attached hydrogens (tertiary/aromatic N) is 2. The van der Waals surface area contributed by atoms with E-state index < -0.39 is 0 Å². The van der Waals surface area contributed by atoms with E-state index in [1.807, 2.05) is 17.9 Å². The number of nitrogens with one attached hydrogen (secondary N) is 1. The number of anilines is 1. The molecule has 4 heterocycles. The molecule has 29 heavy (non-hydrogen) atoms. The Morgan fingerprint density at radius 2 is 2.07 bits per heavy atom. The van der Waals surface area contributed by atoms with E-state index in [9.17, 15) is 4.79 Å². The van der Waals surface area contributed by atoms with E-state index in [0.717, 1.165) is 44.0 Å². The van der Waals surface area contributed by atoms with Crippen LogP contribution in [-0.4, -0.2) is 60.8 Å². The zero-order valence-electron chi connectivity index (χ0n) is 17.3. The summed E-state index contributed by atoms with van der Waals surface area (Å²) in [6.45, 7) is 6.54. The zero-order chi connectivity index (χ0) is 20.0. The van der Waals surface area contributed by atoms with Gasteiger partial charge in [0.25, 0.3) is 0 Å². The highest BCUT2D eigenvalue weighted by Gasteiger charge is 2.45. The lowest BCUT2D eigenvalue weighted by atomic mass is 9.74. The van der Waals surface area contributed by atoms with Gasteiger partial charge in [-0.25, -0.2) is 4.79 Å². The Hall–Kier alpha value is -1.46. The molecule has 5 nitrogen and oxygen atoms in total. The van der Waals surface area contributed by atoms with Crippen LogP contribution in [0, 0.1) is 5.92 Å². The molecule has 3 unspecified atom stereocenters. The third kappa shape index (κ3) is 3.50. The molecule has 5 aliphatic rings. The normalized spacial score (nSPS) is 30.7. The van der Waals surface area contributed by atoms with Crippen LogP contribution in [-0.2, 0) is 10.2 Å². The Bertz CT molecular complexity index is 777. The van der Waals surface area contributed by atoms with Gasteiger partial charge in [-0.05, 0) is 88.2 Å². The first-order chi connectivity index (χ1) is 14.1. The summed E-state index contributed by atoms with van der Waals surface area (Å²) < 4.78 is 5.33. The van der Waals surface area contributed by atoms with E-state index in [-0.39, 0.29) is 11.5 Å². The highest BCUT2D eigenvalue weighted by molar-refractivity contribution is 6.30. The molecule has 6 rings (SSSR count). The molecule has 158 valence electrons. The van der Waals surface area contributed by atoms with E-state index in [1.165, 1.54) is 36.9 Å². The van der Waals surface area contributed by atoms with Crippen LogP contribution in [0.1, 0.15) is 51.0 Å².